The van der Waals surface area contributed by atoms with Crippen molar-refractivity contribution in [2.24, 2.45) is 5.92 Å². The normalized spacial score (nSPS) is 16.9. The Morgan fingerprint density at radius 1 is 1.36 bits per heavy atom. The zero-order chi connectivity index (χ0) is 15.5. The largest absolute Gasteiger partial charge is 0.497 e. The van der Waals surface area contributed by atoms with Crippen molar-refractivity contribution < 1.29 is 9.53 Å². The SMILES string of the molecule is COc1ccc(CNC(=O)c2cc3c(s2)CCC(C)C3)cc1. The van der Waals surface area contributed by atoms with E-state index in [0.29, 0.717) is 6.54 Å². The van der Waals surface area contributed by atoms with E-state index < -0.39 is 0 Å². The Kier molecular flexibility index (Phi) is 4.48. The lowest BCUT2D eigenvalue weighted by Gasteiger charge is -2.16. The molecule has 1 aliphatic rings. The minimum atomic E-state index is 0.0304. The number of aryl methyl sites for hydroxylation is 1. The van der Waals surface area contributed by atoms with E-state index in [-0.39, 0.29) is 5.91 Å². The van der Waals surface area contributed by atoms with Gasteiger partial charge in [-0.05, 0) is 54.5 Å². The van der Waals surface area contributed by atoms with Crippen LogP contribution in [0.3, 0.4) is 0 Å². The van der Waals surface area contributed by atoms with Crippen LogP contribution < -0.4 is 10.1 Å². The fourth-order valence-electron chi connectivity index (χ4n) is 2.83. The Morgan fingerprint density at radius 2 is 2.14 bits per heavy atom. The summed E-state index contributed by atoms with van der Waals surface area (Å²) in [4.78, 5) is 14.6. The molecule has 1 heterocycles. The van der Waals surface area contributed by atoms with Crippen LogP contribution in [-0.4, -0.2) is 13.0 Å². The highest BCUT2D eigenvalue weighted by Crippen LogP contribution is 2.32. The molecule has 0 saturated carbocycles. The molecule has 3 rings (SSSR count). The van der Waals surface area contributed by atoms with Gasteiger partial charge >= 0.3 is 0 Å². The lowest BCUT2D eigenvalue weighted by atomic mass is 9.90. The average Bonchev–Trinajstić information content (AvgIpc) is 2.96. The Hall–Kier alpha value is -1.81. The van der Waals surface area contributed by atoms with Gasteiger partial charge in [0.2, 0.25) is 0 Å². The van der Waals surface area contributed by atoms with E-state index in [1.54, 1.807) is 18.4 Å². The third-order valence-corrected chi connectivity index (χ3v) is 5.40. The van der Waals surface area contributed by atoms with Crippen molar-refractivity contribution in [2.75, 3.05) is 7.11 Å². The molecule has 1 aromatic heterocycles. The first kappa shape index (κ1) is 15.1. The number of thiophene rings is 1. The Bertz CT molecular complexity index is 660. The molecular weight excluding hydrogens is 294 g/mol. The van der Waals surface area contributed by atoms with Crippen LogP contribution >= 0.6 is 11.3 Å². The Balaban J connectivity index is 1.62. The van der Waals surface area contributed by atoms with E-state index in [9.17, 15) is 4.79 Å². The lowest BCUT2D eigenvalue weighted by molar-refractivity contribution is 0.0955. The first-order valence-corrected chi connectivity index (χ1v) is 8.50. The molecule has 1 unspecified atom stereocenters. The second kappa shape index (κ2) is 6.53. The minimum absolute atomic E-state index is 0.0304. The fraction of sp³-hybridized carbons (Fsp3) is 0.389. The molecule has 0 saturated heterocycles. The summed E-state index contributed by atoms with van der Waals surface area (Å²) in [6, 6.07) is 9.85. The maximum absolute atomic E-state index is 12.3. The van der Waals surface area contributed by atoms with E-state index in [0.717, 1.165) is 34.9 Å². The van der Waals surface area contributed by atoms with Gasteiger partial charge in [-0.15, -0.1) is 11.3 Å². The topological polar surface area (TPSA) is 38.3 Å². The molecule has 0 radical (unpaired) electrons. The second-order valence-electron chi connectivity index (χ2n) is 5.94. The summed E-state index contributed by atoms with van der Waals surface area (Å²) in [7, 11) is 1.65. The summed E-state index contributed by atoms with van der Waals surface area (Å²) in [6.07, 6.45) is 3.46. The van der Waals surface area contributed by atoms with Crippen molar-refractivity contribution in [1.29, 1.82) is 0 Å². The predicted molar refractivity (Wildman–Crippen MR) is 89.7 cm³/mol. The fourth-order valence-corrected chi connectivity index (χ4v) is 3.96. The van der Waals surface area contributed by atoms with Crippen molar-refractivity contribution in [3.05, 3.63) is 51.2 Å². The molecule has 1 N–H and O–H groups in total. The van der Waals surface area contributed by atoms with Crippen molar-refractivity contribution in [1.82, 2.24) is 5.32 Å². The third-order valence-electron chi connectivity index (χ3n) is 4.17. The highest BCUT2D eigenvalue weighted by atomic mass is 32.1. The van der Waals surface area contributed by atoms with Gasteiger partial charge in [0.05, 0.1) is 12.0 Å². The van der Waals surface area contributed by atoms with Crippen LogP contribution in [0.5, 0.6) is 5.75 Å². The van der Waals surface area contributed by atoms with Crippen LogP contribution in [0.2, 0.25) is 0 Å². The van der Waals surface area contributed by atoms with Gasteiger partial charge in [0, 0.05) is 11.4 Å². The molecule has 2 aromatic rings. The maximum Gasteiger partial charge on any atom is 0.261 e. The monoisotopic (exact) mass is 315 g/mol. The zero-order valence-electron chi connectivity index (χ0n) is 13.0. The second-order valence-corrected chi connectivity index (χ2v) is 7.07. The van der Waals surface area contributed by atoms with E-state index in [4.69, 9.17) is 4.74 Å². The number of ether oxygens (including phenoxy) is 1. The smallest absolute Gasteiger partial charge is 0.261 e. The maximum atomic E-state index is 12.3. The molecule has 1 aliphatic carbocycles. The molecular formula is C18H21NO2S. The first-order valence-electron chi connectivity index (χ1n) is 7.68. The predicted octanol–water partition coefficient (Wildman–Crippen LogP) is 3.81. The van der Waals surface area contributed by atoms with E-state index in [2.05, 4.69) is 18.3 Å². The number of fused-ring (bicyclic) bond motifs is 1. The lowest BCUT2D eigenvalue weighted by Crippen LogP contribution is -2.21. The van der Waals surface area contributed by atoms with Gasteiger partial charge in [-0.1, -0.05) is 19.1 Å². The summed E-state index contributed by atoms with van der Waals surface area (Å²) in [5.41, 5.74) is 2.45. The van der Waals surface area contributed by atoms with Crippen molar-refractivity contribution in [2.45, 2.75) is 32.7 Å². The average molecular weight is 315 g/mol. The summed E-state index contributed by atoms with van der Waals surface area (Å²) in [5.74, 6) is 1.59. The molecule has 1 atom stereocenters. The van der Waals surface area contributed by atoms with Gasteiger partial charge in [0.15, 0.2) is 0 Å². The quantitative estimate of drug-likeness (QED) is 0.931. The van der Waals surface area contributed by atoms with Gasteiger partial charge < -0.3 is 10.1 Å². The summed E-state index contributed by atoms with van der Waals surface area (Å²) >= 11 is 1.65. The van der Waals surface area contributed by atoms with Gasteiger partial charge in [0.1, 0.15) is 5.75 Å². The number of benzene rings is 1. The molecule has 0 fully saturated rings. The minimum Gasteiger partial charge on any atom is -0.497 e. The molecule has 22 heavy (non-hydrogen) atoms. The number of carbonyl (C=O) groups excluding carboxylic acids is 1. The third kappa shape index (κ3) is 3.33. The first-order chi connectivity index (χ1) is 10.7. The summed E-state index contributed by atoms with van der Waals surface area (Å²) in [5, 5.41) is 3.00. The van der Waals surface area contributed by atoms with Crippen molar-refractivity contribution >= 4 is 17.2 Å². The number of hydrogen-bond donors (Lipinski definition) is 1. The van der Waals surface area contributed by atoms with Crippen LogP contribution in [0.15, 0.2) is 30.3 Å². The summed E-state index contributed by atoms with van der Waals surface area (Å²) in [6.45, 7) is 2.83. The molecule has 0 spiro atoms. The van der Waals surface area contributed by atoms with Gasteiger partial charge in [0.25, 0.3) is 5.91 Å². The number of hydrogen-bond acceptors (Lipinski definition) is 3. The molecule has 0 bridgehead atoms. The van der Waals surface area contributed by atoms with Crippen LogP contribution in [-0.2, 0) is 19.4 Å². The standard InChI is InChI=1S/C18H21NO2S/c1-12-3-8-16-14(9-12)10-17(22-16)18(20)19-11-13-4-6-15(21-2)7-5-13/h4-7,10,12H,3,8-9,11H2,1-2H3,(H,19,20). The van der Waals surface area contributed by atoms with E-state index in [1.165, 1.54) is 16.9 Å². The number of amides is 1. The Labute approximate surface area is 135 Å². The van der Waals surface area contributed by atoms with E-state index in [1.807, 2.05) is 24.3 Å². The van der Waals surface area contributed by atoms with Gasteiger partial charge in [-0.3, -0.25) is 4.79 Å². The molecule has 116 valence electrons. The van der Waals surface area contributed by atoms with E-state index >= 15 is 0 Å². The number of nitrogens with one attached hydrogen (secondary N) is 1. The number of carbonyl (C=O) groups is 1. The Morgan fingerprint density at radius 3 is 2.86 bits per heavy atom. The van der Waals surface area contributed by atoms with Crippen LogP contribution in [0, 0.1) is 5.92 Å². The van der Waals surface area contributed by atoms with Crippen LogP contribution in [0.1, 0.15) is 39.0 Å². The highest BCUT2D eigenvalue weighted by molar-refractivity contribution is 7.14. The highest BCUT2D eigenvalue weighted by Gasteiger charge is 2.20. The summed E-state index contributed by atoms with van der Waals surface area (Å²) < 4.78 is 5.13. The van der Waals surface area contributed by atoms with Gasteiger partial charge in [-0.2, -0.15) is 0 Å². The van der Waals surface area contributed by atoms with Gasteiger partial charge in [-0.25, -0.2) is 0 Å². The molecule has 1 aromatic carbocycles. The molecule has 1 amide bonds. The number of rotatable bonds is 4. The molecule has 3 nitrogen and oxygen atoms in total. The van der Waals surface area contributed by atoms with Crippen molar-refractivity contribution in [3.8, 4) is 5.75 Å². The van der Waals surface area contributed by atoms with Crippen LogP contribution in [0.4, 0.5) is 0 Å². The molecule has 0 aliphatic heterocycles. The number of methoxy groups -OCH3 is 1. The zero-order valence-corrected chi connectivity index (χ0v) is 13.8. The van der Waals surface area contributed by atoms with Crippen molar-refractivity contribution in [3.63, 3.8) is 0 Å². The van der Waals surface area contributed by atoms with Crippen LogP contribution in [0.25, 0.3) is 0 Å². The molecule has 4 heteroatoms.